The van der Waals surface area contributed by atoms with Crippen LogP contribution in [-0.4, -0.2) is 82.3 Å². The van der Waals surface area contributed by atoms with Gasteiger partial charge in [0.15, 0.2) is 0 Å². The Morgan fingerprint density at radius 3 is 2.28 bits per heavy atom. The molecule has 0 saturated carbocycles. The van der Waals surface area contributed by atoms with E-state index in [1.807, 2.05) is 26.0 Å². The van der Waals surface area contributed by atoms with E-state index in [1.54, 1.807) is 0 Å². The van der Waals surface area contributed by atoms with Crippen LogP contribution in [0.1, 0.15) is 121 Å². The van der Waals surface area contributed by atoms with Gasteiger partial charge in [0, 0.05) is 59.5 Å². The molecule has 0 saturated heterocycles. The smallest absolute Gasteiger partial charge is 0.310 e. The maximum atomic E-state index is 14.2. The number of amides is 1. The second-order valence-electron chi connectivity index (χ2n) is 13.8. The number of aliphatic carboxylic acids is 1. The van der Waals surface area contributed by atoms with Gasteiger partial charge in [-0.1, -0.05) is 20.8 Å². The van der Waals surface area contributed by atoms with Gasteiger partial charge in [-0.2, -0.15) is 0 Å². The molecule has 288 valence electrons. The Morgan fingerprint density at radius 1 is 0.889 bits per heavy atom. The summed E-state index contributed by atoms with van der Waals surface area (Å²) in [5, 5.41) is 12.7. The molecule has 4 N–H and O–H groups in total. The molecule has 3 aromatic heterocycles. The number of carbonyl (C=O) groups excluding carboxylic acids is 3. The maximum Gasteiger partial charge on any atom is 0.310 e. The first kappa shape index (κ1) is 39.9. The Balaban J connectivity index is 1.84. The predicted octanol–water partition coefficient (Wildman–Crippen LogP) is 6.61. The number of nitrogens with zero attached hydrogens (tertiary/aromatic N) is 2. The van der Waals surface area contributed by atoms with E-state index in [9.17, 15) is 24.3 Å². The zero-order valence-corrected chi connectivity index (χ0v) is 32.5. The maximum absolute atomic E-state index is 14.2. The van der Waals surface area contributed by atoms with E-state index < -0.39 is 23.8 Å². The molecule has 0 aliphatic carbocycles. The third-order valence-electron chi connectivity index (χ3n) is 10.5. The molecule has 2 atom stereocenters. The second kappa shape index (κ2) is 17.2. The van der Waals surface area contributed by atoms with E-state index in [4.69, 9.17) is 24.2 Å². The fourth-order valence-electron chi connectivity index (χ4n) is 7.51. The predicted molar refractivity (Wildman–Crippen MR) is 206 cm³/mol. The van der Waals surface area contributed by atoms with Crippen molar-refractivity contribution in [2.24, 2.45) is 0 Å². The number of esters is 2. The summed E-state index contributed by atoms with van der Waals surface area (Å²) in [5.74, 6) is -2.85. The highest BCUT2D eigenvalue weighted by molar-refractivity contribution is 6.06. The van der Waals surface area contributed by atoms with Crippen LogP contribution in [0.4, 0.5) is 0 Å². The standard InChI is InChI=1S/C41H51N5O8/c1-9-26-21(3)30-18-32-23(5)28(11-12-36(48)49)39(45-32)29(17-37(50)52-8)40-38(41(51)42-13-14-53-15-16-54-25(7)47)24(6)33(46-40)20-35-27(10-2)22(4)31(44-35)19-34(26)43-30/h18-20,23,28,43,46H,9-17H2,1-8H3,(H,42,51)(H,48,49). The number of rotatable bonds is 14. The second-order valence-corrected chi connectivity index (χ2v) is 13.8. The summed E-state index contributed by atoms with van der Waals surface area (Å²) in [6.45, 7) is 14.2. The zero-order valence-electron chi connectivity index (χ0n) is 32.5. The molecular formula is C41H51N5O8. The SMILES string of the molecule is CCC1=C(C)c2cc3[nH]c(cc4nc(c(CC(=O)OC)c5[nH]c(cc1n2)c(C)c5C(=O)NCCOCCOC(C)=O)C(CCC(=O)O)C4C)c(C)c3CC. The number of methoxy groups -OCH3 is 1. The van der Waals surface area contributed by atoms with Crippen LogP contribution < -0.4 is 5.32 Å². The molecule has 5 heterocycles. The van der Waals surface area contributed by atoms with E-state index in [1.165, 1.54) is 19.6 Å². The van der Waals surface area contributed by atoms with Gasteiger partial charge in [-0.05, 0) is 86.1 Å². The third kappa shape index (κ3) is 8.41. The summed E-state index contributed by atoms with van der Waals surface area (Å²) in [6.07, 6.45) is 1.48. The summed E-state index contributed by atoms with van der Waals surface area (Å²) < 4.78 is 15.6. The molecule has 54 heavy (non-hydrogen) atoms. The molecule has 8 bridgehead atoms. The van der Waals surface area contributed by atoms with E-state index in [-0.39, 0.29) is 57.5 Å². The van der Waals surface area contributed by atoms with Crippen LogP contribution in [0.15, 0.2) is 18.2 Å². The Kier molecular flexibility index (Phi) is 12.7. The molecule has 0 radical (unpaired) electrons. The molecule has 0 spiro atoms. The average Bonchev–Trinajstić information content (AvgIpc) is 3.81. The largest absolute Gasteiger partial charge is 0.481 e. The minimum Gasteiger partial charge on any atom is -0.481 e. The minimum atomic E-state index is -0.939. The number of H-pyrrole nitrogens is 2. The molecule has 1 amide bonds. The summed E-state index contributed by atoms with van der Waals surface area (Å²) in [5.41, 5.74) is 11.6. The number of ether oxygens (including phenoxy) is 3. The fraction of sp³-hybridized carbons (Fsp3) is 0.463. The van der Waals surface area contributed by atoms with Gasteiger partial charge in [-0.15, -0.1) is 0 Å². The van der Waals surface area contributed by atoms with E-state index in [0.717, 1.165) is 57.7 Å². The summed E-state index contributed by atoms with van der Waals surface area (Å²) in [4.78, 5) is 67.8. The molecule has 13 heteroatoms. The number of carboxylic acid groups (broad SMARTS) is 1. The van der Waals surface area contributed by atoms with Crippen molar-refractivity contribution >= 4 is 57.0 Å². The van der Waals surface area contributed by atoms with Crippen molar-refractivity contribution in [1.82, 2.24) is 25.3 Å². The number of hydrogen-bond acceptors (Lipinski definition) is 9. The molecule has 5 rings (SSSR count). The van der Waals surface area contributed by atoms with Crippen LogP contribution in [0.5, 0.6) is 0 Å². The first-order chi connectivity index (χ1) is 25.8. The molecule has 2 aliphatic heterocycles. The first-order valence-electron chi connectivity index (χ1n) is 18.5. The number of fused-ring (bicyclic) bond motifs is 8. The van der Waals surface area contributed by atoms with Crippen LogP contribution in [0.3, 0.4) is 0 Å². The van der Waals surface area contributed by atoms with Gasteiger partial charge in [0.25, 0.3) is 5.91 Å². The highest BCUT2D eigenvalue weighted by Gasteiger charge is 2.34. The molecule has 0 aromatic carbocycles. The number of aromatic nitrogens is 4. The van der Waals surface area contributed by atoms with Crippen LogP contribution >= 0.6 is 0 Å². The number of carboxylic acids is 1. The first-order valence-corrected chi connectivity index (χ1v) is 18.5. The lowest BCUT2D eigenvalue weighted by Crippen LogP contribution is -2.28. The monoisotopic (exact) mass is 741 g/mol. The molecule has 2 unspecified atom stereocenters. The van der Waals surface area contributed by atoms with Gasteiger partial charge in [-0.25, -0.2) is 4.98 Å². The molecule has 13 nitrogen and oxygen atoms in total. The number of aryl methyl sites for hydroxylation is 3. The Morgan fingerprint density at radius 2 is 1.61 bits per heavy atom. The fourth-order valence-corrected chi connectivity index (χ4v) is 7.51. The minimum absolute atomic E-state index is 0.105. The van der Waals surface area contributed by atoms with Gasteiger partial charge < -0.3 is 34.6 Å². The molecule has 0 fully saturated rings. The van der Waals surface area contributed by atoms with Gasteiger partial charge in [0.1, 0.15) is 6.61 Å². The summed E-state index contributed by atoms with van der Waals surface area (Å²) in [7, 11) is 1.31. The van der Waals surface area contributed by atoms with Crippen molar-refractivity contribution < 1.29 is 38.5 Å². The third-order valence-corrected chi connectivity index (χ3v) is 10.5. The van der Waals surface area contributed by atoms with Gasteiger partial charge >= 0.3 is 17.9 Å². The molecule has 3 aromatic rings. The molecular weight excluding hydrogens is 690 g/mol. The van der Waals surface area contributed by atoms with E-state index in [2.05, 4.69) is 49.0 Å². The lowest BCUT2D eigenvalue weighted by molar-refractivity contribution is -0.142. The van der Waals surface area contributed by atoms with E-state index in [0.29, 0.717) is 33.4 Å². The number of aromatic amines is 2. The van der Waals surface area contributed by atoms with Crippen LogP contribution in [0.2, 0.25) is 0 Å². The summed E-state index contributed by atoms with van der Waals surface area (Å²) in [6, 6.07) is 6.05. The normalized spacial score (nSPS) is 15.3. The quantitative estimate of drug-likeness (QED) is 0.103. The van der Waals surface area contributed by atoms with Crippen LogP contribution in [0.25, 0.3) is 33.2 Å². The topological polar surface area (TPSA) is 186 Å². The summed E-state index contributed by atoms with van der Waals surface area (Å²) >= 11 is 0. The number of allylic oxidation sites excluding steroid dienone is 2. The van der Waals surface area contributed by atoms with Crippen molar-refractivity contribution in [2.75, 3.05) is 33.5 Å². The number of nitrogens with one attached hydrogen (secondary N) is 3. The zero-order chi connectivity index (χ0) is 39.3. The van der Waals surface area contributed by atoms with Crippen molar-refractivity contribution in [2.45, 2.75) is 92.4 Å². The highest BCUT2D eigenvalue weighted by atomic mass is 16.6. The average molecular weight is 742 g/mol. The number of hydrogen-bond donors (Lipinski definition) is 4. The van der Waals surface area contributed by atoms with Crippen molar-refractivity contribution in [3.8, 4) is 0 Å². The van der Waals surface area contributed by atoms with Crippen LogP contribution in [-0.2, 0) is 41.4 Å². The highest BCUT2D eigenvalue weighted by Crippen LogP contribution is 2.43. The Labute approximate surface area is 314 Å². The van der Waals surface area contributed by atoms with Crippen LogP contribution in [0, 0.1) is 13.8 Å². The van der Waals surface area contributed by atoms with Gasteiger partial charge in [0.2, 0.25) is 0 Å². The Hall–Kier alpha value is -5.30. The number of carbonyl (C=O) groups is 4. The lowest BCUT2D eigenvalue weighted by Gasteiger charge is -2.17. The van der Waals surface area contributed by atoms with Gasteiger partial charge in [-0.3, -0.25) is 24.2 Å². The molecule has 2 aliphatic rings. The van der Waals surface area contributed by atoms with Crippen molar-refractivity contribution in [1.29, 1.82) is 0 Å². The van der Waals surface area contributed by atoms with Crippen molar-refractivity contribution in [3.05, 3.63) is 68.8 Å². The lowest BCUT2D eigenvalue weighted by atomic mass is 9.85. The Bertz CT molecular complexity index is 2160. The van der Waals surface area contributed by atoms with Crippen molar-refractivity contribution in [3.63, 3.8) is 0 Å². The van der Waals surface area contributed by atoms with Gasteiger partial charge in [0.05, 0.1) is 54.9 Å². The van der Waals surface area contributed by atoms with E-state index >= 15 is 0 Å².